The number of carbonyl (C=O) groups excluding carboxylic acids is 2. The molecule has 0 radical (unpaired) electrons. The smallest absolute Gasteiger partial charge is 0.337 e. The van der Waals surface area contributed by atoms with Crippen LogP contribution in [0.1, 0.15) is 33.3 Å². The van der Waals surface area contributed by atoms with E-state index in [0.717, 1.165) is 15.8 Å². The van der Waals surface area contributed by atoms with E-state index in [1.807, 2.05) is 24.5 Å². The molecule has 1 aromatic carbocycles. The maximum atomic E-state index is 12.6. The Kier molecular flexibility index (Phi) is 4.54. The summed E-state index contributed by atoms with van der Waals surface area (Å²) < 4.78 is 9.11. The van der Waals surface area contributed by atoms with E-state index in [4.69, 9.17) is 4.74 Å². The molecule has 25 heavy (non-hydrogen) atoms. The van der Waals surface area contributed by atoms with Gasteiger partial charge in [0, 0.05) is 19.2 Å². The Hall–Kier alpha value is -2.74. The van der Waals surface area contributed by atoms with Gasteiger partial charge < -0.3 is 9.30 Å². The zero-order valence-electron chi connectivity index (χ0n) is 14.4. The minimum atomic E-state index is -0.390. The zero-order valence-corrected chi connectivity index (χ0v) is 15.3. The lowest BCUT2D eigenvalue weighted by atomic mass is 10.2. The van der Waals surface area contributed by atoms with Crippen molar-refractivity contribution in [1.29, 1.82) is 0 Å². The molecule has 0 unspecified atom stereocenters. The summed E-state index contributed by atoms with van der Waals surface area (Å²) >= 11 is 1.37. The first kappa shape index (κ1) is 17.1. The molecule has 2 heterocycles. The number of rotatable bonds is 3. The molecule has 0 saturated heterocycles. The van der Waals surface area contributed by atoms with Crippen LogP contribution in [0.3, 0.4) is 0 Å². The fourth-order valence-electron chi connectivity index (χ4n) is 2.70. The van der Waals surface area contributed by atoms with Gasteiger partial charge in [-0.15, -0.1) is 0 Å². The van der Waals surface area contributed by atoms with E-state index < -0.39 is 5.97 Å². The third kappa shape index (κ3) is 3.00. The largest absolute Gasteiger partial charge is 0.465 e. The number of carbonyl (C=O) groups is 2. The Morgan fingerprint density at radius 3 is 2.72 bits per heavy atom. The molecule has 8 heteroatoms. The summed E-state index contributed by atoms with van der Waals surface area (Å²) in [6, 6.07) is 5.32. The van der Waals surface area contributed by atoms with Crippen LogP contribution in [0.4, 0.5) is 0 Å². The number of esters is 1. The van der Waals surface area contributed by atoms with Crippen LogP contribution in [0.5, 0.6) is 0 Å². The lowest BCUT2D eigenvalue weighted by molar-refractivity contribution is 0.0601. The summed E-state index contributed by atoms with van der Waals surface area (Å²) in [6.07, 6.45) is 1.64. The van der Waals surface area contributed by atoms with Crippen molar-refractivity contribution < 1.29 is 14.3 Å². The van der Waals surface area contributed by atoms with Gasteiger partial charge in [-0.3, -0.25) is 9.48 Å². The van der Waals surface area contributed by atoms with E-state index in [2.05, 4.69) is 10.1 Å². The van der Waals surface area contributed by atoms with Crippen LogP contribution >= 0.6 is 11.3 Å². The first-order chi connectivity index (χ1) is 12.0. The molecule has 0 spiro atoms. The Balaban J connectivity index is 2.15. The van der Waals surface area contributed by atoms with E-state index >= 15 is 0 Å². The first-order valence-electron chi connectivity index (χ1n) is 7.75. The quantitative estimate of drug-likeness (QED) is 0.673. The molecule has 3 rings (SSSR count). The number of benzene rings is 1. The predicted octanol–water partition coefficient (Wildman–Crippen LogP) is 2.29. The monoisotopic (exact) mass is 358 g/mol. The topological polar surface area (TPSA) is 78.5 Å². The number of aryl methyl sites for hydroxylation is 3. The van der Waals surface area contributed by atoms with E-state index in [1.54, 1.807) is 25.4 Å². The molecule has 1 amide bonds. The minimum absolute atomic E-state index is 0.334. The maximum absolute atomic E-state index is 12.6. The average molecular weight is 358 g/mol. The maximum Gasteiger partial charge on any atom is 0.337 e. The fourth-order valence-corrected chi connectivity index (χ4v) is 3.83. The number of methoxy groups -OCH3 is 1. The standard InChI is InChI=1S/C17H18N4O3S/c1-5-21-12-7-6-11(16(23)24-4)8-13(12)25-17(21)19-15(22)14-10(2)9-18-20(14)3/h6-9H,5H2,1-4H3. The highest BCUT2D eigenvalue weighted by molar-refractivity contribution is 7.16. The Morgan fingerprint density at radius 1 is 1.36 bits per heavy atom. The number of ether oxygens (including phenoxy) is 1. The van der Waals surface area contributed by atoms with Crippen LogP contribution in [0.25, 0.3) is 10.2 Å². The highest BCUT2D eigenvalue weighted by Crippen LogP contribution is 2.20. The number of hydrogen-bond donors (Lipinski definition) is 0. The second-order valence-electron chi connectivity index (χ2n) is 5.52. The molecule has 0 aliphatic heterocycles. The highest BCUT2D eigenvalue weighted by atomic mass is 32.1. The number of fused-ring (bicyclic) bond motifs is 1. The van der Waals surface area contributed by atoms with Crippen LogP contribution in [0.15, 0.2) is 29.4 Å². The van der Waals surface area contributed by atoms with Gasteiger partial charge in [-0.2, -0.15) is 10.1 Å². The van der Waals surface area contributed by atoms with Gasteiger partial charge in [-0.05, 0) is 32.0 Å². The molecule has 3 aromatic rings. The van der Waals surface area contributed by atoms with Crippen LogP contribution in [-0.2, 0) is 18.3 Å². The molecule has 0 fully saturated rings. The van der Waals surface area contributed by atoms with Crippen molar-refractivity contribution in [3.63, 3.8) is 0 Å². The lowest BCUT2D eigenvalue weighted by Gasteiger charge is -2.02. The molecule has 2 aromatic heterocycles. The molecular weight excluding hydrogens is 340 g/mol. The normalized spacial score (nSPS) is 11.9. The summed E-state index contributed by atoms with van der Waals surface area (Å²) in [7, 11) is 3.07. The van der Waals surface area contributed by atoms with E-state index in [1.165, 1.54) is 23.1 Å². The highest BCUT2D eigenvalue weighted by Gasteiger charge is 2.15. The molecule has 0 atom stereocenters. The van der Waals surface area contributed by atoms with Gasteiger partial charge in [0.1, 0.15) is 5.69 Å². The molecule has 0 bridgehead atoms. The van der Waals surface area contributed by atoms with Crippen molar-refractivity contribution in [2.45, 2.75) is 20.4 Å². The summed E-state index contributed by atoms with van der Waals surface area (Å²) in [5.41, 5.74) is 2.65. The van der Waals surface area contributed by atoms with Crippen LogP contribution < -0.4 is 4.80 Å². The summed E-state index contributed by atoms with van der Waals surface area (Å²) in [5, 5.41) is 4.09. The van der Waals surface area contributed by atoms with Crippen molar-refractivity contribution in [1.82, 2.24) is 14.3 Å². The number of aromatic nitrogens is 3. The second kappa shape index (κ2) is 6.64. The van der Waals surface area contributed by atoms with Gasteiger partial charge in [-0.1, -0.05) is 11.3 Å². The fraction of sp³-hybridized carbons (Fsp3) is 0.294. The van der Waals surface area contributed by atoms with E-state index in [9.17, 15) is 9.59 Å². The molecule has 0 saturated carbocycles. The Labute approximate surface area is 148 Å². The number of nitrogens with zero attached hydrogens (tertiary/aromatic N) is 4. The number of hydrogen-bond acceptors (Lipinski definition) is 5. The van der Waals surface area contributed by atoms with E-state index in [0.29, 0.717) is 22.6 Å². The summed E-state index contributed by atoms with van der Waals surface area (Å²) in [4.78, 5) is 29.2. The van der Waals surface area contributed by atoms with Crippen molar-refractivity contribution in [3.05, 3.63) is 46.0 Å². The molecule has 0 N–H and O–H groups in total. The predicted molar refractivity (Wildman–Crippen MR) is 94.7 cm³/mol. The SMILES string of the molecule is CCn1c(=NC(=O)c2c(C)cnn2C)sc2cc(C(=O)OC)ccc21. The molecular formula is C17H18N4O3S. The van der Waals surface area contributed by atoms with Crippen LogP contribution in [0, 0.1) is 6.92 Å². The third-order valence-corrected chi connectivity index (χ3v) is 4.98. The third-order valence-electron chi connectivity index (χ3n) is 3.94. The minimum Gasteiger partial charge on any atom is -0.465 e. The zero-order chi connectivity index (χ0) is 18.1. The van der Waals surface area contributed by atoms with Gasteiger partial charge in [-0.25, -0.2) is 4.79 Å². The van der Waals surface area contributed by atoms with Gasteiger partial charge in [0.2, 0.25) is 0 Å². The Morgan fingerprint density at radius 2 is 2.12 bits per heavy atom. The van der Waals surface area contributed by atoms with Gasteiger partial charge in [0.15, 0.2) is 4.80 Å². The molecule has 0 aliphatic rings. The Bertz CT molecular complexity index is 1020. The van der Waals surface area contributed by atoms with Gasteiger partial charge in [0.05, 0.1) is 29.1 Å². The summed E-state index contributed by atoms with van der Waals surface area (Å²) in [6.45, 7) is 4.48. The number of thiazole rings is 1. The van der Waals surface area contributed by atoms with Crippen LogP contribution in [0.2, 0.25) is 0 Å². The van der Waals surface area contributed by atoms with Crippen LogP contribution in [-0.4, -0.2) is 33.3 Å². The van der Waals surface area contributed by atoms with Crippen molar-refractivity contribution in [3.8, 4) is 0 Å². The van der Waals surface area contributed by atoms with Crippen molar-refractivity contribution in [2.75, 3.05) is 7.11 Å². The van der Waals surface area contributed by atoms with Gasteiger partial charge >= 0.3 is 5.97 Å². The average Bonchev–Trinajstić information content (AvgIpc) is 3.12. The van der Waals surface area contributed by atoms with Crippen molar-refractivity contribution >= 4 is 33.4 Å². The molecule has 130 valence electrons. The first-order valence-corrected chi connectivity index (χ1v) is 8.57. The lowest BCUT2D eigenvalue weighted by Crippen LogP contribution is -2.17. The number of amides is 1. The van der Waals surface area contributed by atoms with E-state index in [-0.39, 0.29) is 5.91 Å². The van der Waals surface area contributed by atoms with Gasteiger partial charge in [0.25, 0.3) is 5.91 Å². The summed E-state index contributed by atoms with van der Waals surface area (Å²) in [5.74, 6) is -0.724. The van der Waals surface area contributed by atoms with Crippen molar-refractivity contribution in [2.24, 2.45) is 12.0 Å². The molecule has 0 aliphatic carbocycles. The second-order valence-corrected chi connectivity index (χ2v) is 6.53. The molecule has 7 nitrogen and oxygen atoms in total.